The number of carbonyl (C=O) groups excluding carboxylic acids is 1. The van der Waals surface area contributed by atoms with Crippen LogP contribution in [0.2, 0.25) is 0 Å². The molecule has 0 fully saturated rings. The van der Waals surface area contributed by atoms with Crippen LogP contribution in [0.5, 0.6) is 0 Å². The van der Waals surface area contributed by atoms with Crippen molar-refractivity contribution in [2.24, 2.45) is 0 Å². The molecule has 0 spiro atoms. The van der Waals surface area contributed by atoms with Crippen LogP contribution >= 0.6 is 15.9 Å². The van der Waals surface area contributed by atoms with E-state index in [1.807, 2.05) is 0 Å². The van der Waals surface area contributed by atoms with Gasteiger partial charge in [-0.3, -0.25) is 0 Å². The van der Waals surface area contributed by atoms with Crippen molar-refractivity contribution >= 4 is 22.0 Å². The number of methoxy groups -OCH3 is 1. The standard InChI is InChI=1S/C15H20BrF2NO3/c1-15(2,3)22-14(20)19(5-6-21-4)9-10-7-12(17)13(18)8-11(10)16/h7-8H,5-6,9H2,1-4H3. The van der Waals surface area contributed by atoms with E-state index < -0.39 is 23.3 Å². The molecule has 0 aliphatic carbocycles. The maximum atomic E-state index is 13.4. The Morgan fingerprint density at radius 1 is 1.27 bits per heavy atom. The van der Waals surface area contributed by atoms with Gasteiger partial charge in [-0.2, -0.15) is 0 Å². The molecule has 1 amide bonds. The maximum absolute atomic E-state index is 13.4. The van der Waals surface area contributed by atoms with Gasteiger partial charge in [0.05, 0.1) is 13.2 Å². The number of rotatable bonds is 5. The minimum Gasteiger partial charge on any atom is -0.444 e. The highest BCUT2D eigenvalue weighted by Crippen LogP contribution is 2.23. The number of ether oxygens (including phenoxy) is 2. The number of carbonyl (C=O) groups is 1. The van der Waals surface area contributed by atoms with Crippen LogP contribution in [0.1, 0.15) is 26.3 Å². The summed E-state index contributed by atoms with van der Waals surface area (Å²) in [7, 11) is 1.51. The lowest BCUT2D eigenvalue weighted by molar-refractivity contribution is 0.0183. The monoisotopic (exact) mass is 379 g/mol. The van der Waals surface area contributed by atoms with E-state index in [1.165, 1.54) is 12.0 Å². The van der Waals surface area contributed by atoms with E-state index >= 15 is 0 Å². The van der Waals surface area contributed by atoms with E-state index in [0.29, 0.717) is 16.6 Å². The first kappa shape index (κ1) is 18.8. The van der Waals surface area contributed by atoms with Crippen LogP contribution in [0.4, 0.5) is 13.6 Å². The molecule has 0 saturated heterocycles. The van der Waals surface area contributed by atoms with Gasteiger partial charge >= 0.3 is 6.09 Å². The van der Waals surface area contributed by atoms with Gasteiger partial charge in [-0.1, -0.05) is 15.9 Å². The van der Waals surface area contributed by atoms with Crippen molar-refractivity contribution in [2.75, 3.05) is 20.3 Å². The molecule has 0 aliphatic heterocycles. The molecule has 1 aromatic carbocycles. The first-order valence-electron chi connectivity index (χ1n) is 6.74. The third-order valence-electron chi connectivity index (χ3n) is 2.67. The molecule has 0 unspecified atom stereocenters. The van der Waals surface area contributed by atoms with Crippen molar-refractivity contribution in [3.63, 3.8) is 0 Å². The lowest BCUT2D eigenvalue weighted by Gasteiger charge is -2.27. The molecular weight excluding hydrogens is 360 g/mol. The molecule has 1 aromatic rings. The van der Waals surface area contributed by atoms with E-state index in [-0.39, 0.29) is 13.1 Å². The van der Waals surface area contributed by atoms with Crippen molar-refractivity contribution in [2.45, 2.75) is 32.9 Å². The van der Waals surface area contributed by atoms with E-state index in [9.17, 15) is 13.6 Å². The van der Waals surface area contributed by atoms with Gasteiger partial charge in [0.25, 0.3) is 0 Å². The highest BCUT2D eigenvalue weighted by Gasteiger charge is 2.23. The summed E-state index contributed by atoms with van der Waals surface area (Å²) >= 11 is 3.17. The van der Waals surface area contributed by atoms with Crippen molar-refractivity contribution in [3.05, 3.63) is 33.8 Å². The van der Waals surface area contributed by atoms with Gasteiger partial charge in [-0.25, -0.2) is 13.6 Å². The molecule has 0 radical (unpaired) electrons. The second kappa shape index (κ2) is 7.87. The van der Waals surface area contributed by atoms with Gasteiger partial charge in [0, 0.05) is 18.1 Å². The number of nitrogens with zero attached hydrogens (tertiary/aromatic N) is 1. The fourth-order valence-electron chi connectivity index (χ4n) is 1.65. The molecule has 124 valence electrons. The predicted octanol–water partition coefficient (Wildman–Crippen LogP) is 4.11. The van der Waals surface area contributed by atoms with Crippen LogP contribution in [0, 0.1) is 11.6 Å². The van der Waals surface area contributed by atoms with Gasteiger partial charge in [0.2, 0.25) is 0 Å². The molecule has 0 aliphatic rings. The highest BCUT2D eigenvalue weighted by molar-refractivity contribution is 9.10. The third kappa shape index (κ3) is 5.88. The second-order valence-corrected chi connectivity index (χ2v) is 6.61. The molecule has 0 heterocycles. The molecule has 0 saturated carbocycles. The minimum absolute atomic E-state index is 0.0794. The Morgan fingerprint density at radius 3 is 2.41 bits per heavy atom. The van der Waals surface area contributed by atoms with Crippen LogP contribution in [-0.2, 0) is 16.0 Å². The van der Waals surface area contributed by atoms with E-state index in [2.05, 4.69) is 15.9 Å². The highest BCUT2D eigenvalue weighted by atomic mass is 79.9. The van der Waals surface area contributed by atoms with Crippen LogP contribution < -0.4 is 0 Å². The van der Waals surface area contributed by atoms with Crippen molar-refractivity contribution < 1.29 is 23.0 Å². The first-order chi connectivity index (χ1) is 10.1. The van der Waals surface area contributed by atoms with Crippen molar-refractivity contribution in [3.8, 4) is 0 Å². The smallest absolute Gasteiger partial charge is 0.410 e. The Morgan fingerprint density at radius 2 is 1.86 bits per heavy atom. The number of amides is 1. The van der Waals surface area contributed by atoms with E-state index in [4.69, 9.17) is 9.47 Å². The minimum atomic E-state index is -0.964. The Balaban J connectivity index is 2.94. The zero-order valence-electron chi connectivity index (χ0n) is 13.1. The zero-order chi connectivity index (χ0) is 16.9. The van der Waals surface area contributed by atoms with Gasteiger partial charge in [0.15, 0.2) is 11.6 Å². The Bertz CT molecular complexity index is 532. The molecule has 1 rings (SSSR count). The summed E-state index contributed by atoms with van der Waals surface area (Å²) < 4.78 is 37.2. The van der Waals surface area contributed by atoms with Gasteiger partial charge in [-0.15, -0.1) is 0 Å². The molecule has 0 N–H and O–H groups in total. The fourth-order valence-corrected chi connectivity index (χ4v) is 2.09. The molecule has 0 aromatic heterocycles. The van der Waals surface area contributed by atoms with E-state index in [1.54, 1.807) is 20.8 Å². The van der Waals surface area contributed by atoms with Crippen LogP contribution in [0.3, 0.4) is 0 Å². The molecule has 22 heavy (non-hydrogen) atoms. The number of halogens is 3. The first-order valence-corrected chi connectivity index (χ1v) is 7.53. The molecule has 0 bridgehead atoms. The number of hydrogen-bond acceptors (Lipinski definition) is 3. The normalized spacial score (nSPS) is 11.4. The van der Waals surface area contributed by atoms with Crippen LogP contribution in [0.25, 0.3) is 0 Å². The summed E-state index contributed by atoms with van der Waals surface area (Å²) in [5.74, 6) is -1.91. The Labute approximate surface area is 137 Å². The molecule has 0 atom stereocenters. The lowest BCUT2D eigenvalue weighted by Crippen LogP contribution is -2.38. The number of benzene rings is 1. The quantitative estimate of drug-likeness (QED) is 0.722. The summed E-state index contributed by atoms with van der Waals surface area (Å²) in [4.78, 5) is 13.6. The molecular formula is C15H20BrF2NO3. The maximum Gasteiger partial charge on any atom is 0.410 e. The topological polar surface area (TPSA) is 38.8 Å². The zero-order valence-corrected chi connectivity index (χ0v) is 14.7. The van der Waals surface area contributed by atoms with Crippen molar-refractivity contribution in [1.82, 2.24) is 4.90 Å². The number of hydrogen-bond donors (Lipinski definition) is 0. The SMILES string of the molecule is COCCN(Cc1cc(F)c(F)cc1Br)C(=O)OC(C)(C)C. The Hall–Kier alpha value is -1.21. The molecule has 4 nitrogen and oxygen atoms in total. The third-order valence-corrected chi connectivity index (χ3v) is 3.41. The van der Waals surface area contributed by atoms with E-state index in [0.717, 1.165) is 12.1 Å². The average Bonchev–Trinajstić information content (AvgIpc) is 2.38. The summed E-state index contributed by atoms with van der Waals surface area (Å²) in [6, 6.07) is 2.10. The van der Waals surface area contributed by atoms with Gasteiger partial charge < -0.3 is 14.4 Å². The predicted molar refractivity (Wildman–Crippen MR) is 82.6 cm³/mol. The molecule has 7 heteroatoms. The largest absolute Gasteiger partial charge is 0.444 e. The fraction of sp³-hybridized carbons (Fsp3) is 0.533. The summed E-state index contributed by atoms with van der Waals surface area (Å²) in [5, 5.41) is 0. The van der Waals surface area contributed by atoms with Crippen LogP contribution in [0.15, 0.2) is 16.6 Å². The lowest BCUT2D eigenvalue weighted by atomic mass is 10.2. The Kier molecular flexibility index (Phi) is 6.74. The summed E-state index contributed by atoms with van der Waals surface area (Å²) in [5.41, 5.74) is -0.200. The average molecular weight is 380 g/mol. The summed E-state index contributed by atoms with van der Waals surface area (Å²) in [6.07, 6.45) is -0.541. The van der Waals surface area contributed by atoms with Crippen LogP contribution in [-0.4, -0.2) is 36.9 Å². The second-order valence-electron chi connectivity index (χ2n) is 5.75. The van der Waals surface area contributed by atoms with Gasteiger partial charge in [-0.05, 0) is 38.5 Å². The van der Waals surface area contributed by atoms with Crippen molar-refractivity contribution in [1.29, 1.82) is 0 Å². The van der Waals surface area contributed by atoms with Gasteiger partial charge in [0.1, 0.15) is 5.60 Å². The summed E-state index contributed by atoms with van der Waals surface area (Å²) in [6.45, 7) is 5.93.